The average molecular weight is 386 g/mol. The van der Waals surface area contributed by atoms with Crippen molar-refractivity contribution in [3.8, 4) is 0 Å². The number of hydrogen-bond acceptors (Lipinski definition) is 8. The van der Waals surface area contributed by atoms with Crippen molar-refractivity contribution >= 4 is 34.6 Å². The molecule has 2 aromatic rings. The molecule has 3 rings (SSSR count). The molecule has 0 radical (unpaired) electrons. The topological polar surface area (TPSA) is 119 Å². The van der Waals surface area contributed by atoms with Gasteiger partial charge in [-0.2, -0.15) is 0 Å². The molecule has 0 saturated heterocycles. The molecule has 2 aromatic heterocycles. The molecule has 0 atom stereocenters. The van der Waals surface area contributed by atoms with Crippen LogP contribution in [0.1, 0.15) is 39.5 Å². The lowest BCUT2D eigenvalue weighted by molar-refractivity contribution is -0.389. The van der Waals surface area contributed by atoms with Crippen LogP contribution < -0.4 is 9.80 Å². The van der Waals surface area contributed by atoms with Crippen LogP contribution >= 0.6 is 0 Å². The molecule has 1 aliphatic rings. The molecule has 10 heteroatoms. The van der Waals surface area contributed by atoms with Gasteiger partial charge in [-0.25, -0.2) is 0 Å². The minimum Gasteiger partial charge on any atom is -0.358 e. The van der Waals surface area contributed by atoms with Crippen molar-refractivity contribution in [2.24, 2.45) is 0 Å². The Balaban J connectivity index is 2.20. The van der Waals surface area contributed by atoms with Crippen molar-refractivity contribution in [2.45, 2.75) is 39.5 Å². The molecule has 148 valence electrons. The van der Waals surface area contributed by atoms with Gasteiger partial charge in [0.05, 0.1) is 0 Å². The highest BCUT2D eigenvalue weighted by molar-refractivity contribution is 5.90. The van der Waals surface area contributed by atoms with Gasteiger partial charge >= 0.3 is 11.6 Å². The molecule has 0 spiro atoms. The van der Waals surface area contributed by atoms with Gasteiger partial charge in [-0.3, -0.25) is 4.90 Å². The van der Waals surface area contributed by atoms with Gasteiger partial charge in [0.15, 0.2) is 0 Å². The van der Waals surface area contributed by atoms with Gasteiger partial charge in [-0.15, -0.1) is 0 Å². The van der Waals surface area contributed by atoms with Crippen molar-refractivity contribution in [1.82, 2.24) is 9.97 Å². The van der Waals surface area contributed by atoms with E-state index in [9.17, 15) is 20.2 Å². The van der Waals surface area contributed by atoms with Crippen molar-refractivity contribution in [3.05, 3.63) is 44.5 Å². The van der Waals surface area contributed by atoms with Gasteiger partial charge in [0.25, 0.3) is 11.6 Å². The first-order valence-electron chi connectivity index (χ1n) is 9.33. The highest BCUT2D eigenvalue weighted by atomic mass is 16.6. The first-order valence-corrected chi connectivity index (χ1v) is 9.33. The van der Waals surface area contributed by atoms with E-state index < -0.39 is 9.85 Å². The van der Waals surface area contributed by atoms with Crippen LogP contribution in [0.15, 0.2) is 24.3 Å². The molecule has 10 nitrogen and oxygen atoms in total. The molecular weight excluding hydrogens is 364 g/mol. The first kappa shape index (κ1) is 19.5. The van der Waals surface area contributed by atoms with Crippen LogP contribution in [0.4, 0.5) is 34.6 Å². The summed E-state index contributed by atoms with van der Waals surface area (Å²) >= 11 is 0. The normalized spacial score (nSPS) is 12.5. The van der Waals surface area contributed by atoms with E-state index in [0.717, 1.165) is 37.1 Å². The fraction of sp³-hybridized carbons (Fsp3) is 0.444. The summed E-state index contributed by atoms with van der Waals surface area (Å²) in [5.74, 6) is 0.313. The Kier molecular flexibility index (Phi) is 5.67. The van der Waals surface area contributed by atoms with Crippen LogP contribution in [0.25, 0.3) is 0 Å². The zero-order chi connectivity index (χ0) is 20.3. The van der Waals surface area contributed by atoms with Crippen LogP contribution in [-0.2, 0) is 0 Å². The first-order chi connectivity index (χ1) is 13.5. The second kappa shape index (κ2) is 8.15. The number of pyridine rings is 2. The van der Waals surface area contributed by atoms with Gasteiger partial charge in [0, 0.05) is 25.2 Å². The quantitative estimate of drug-likeness (QED) is 0.481. The molecule has 0 aromatic carbocycles. The van der Waals surface area contributed by atoms with Crippen molar-refractivity contribution < 1.29 is 9.85 Å². The molecule has 0 unspecified atom stereocenters. The Morgan fingerprint density at radius 1 is 0.786 bits per heavy atom. The van der Waals surface area contributed by atoms with Gasteiger partial charge in [0.1, 0.15) is 11.4 Å². The highest BCUT2D eigenvalue weighted by Gasteiger charge is 2.37. The number of fused-ring (bicyclic) bond motifs is 2. The minimum absolute atomic E-state index is 0.260. The fourth-order valence-electron chi connectivity index (χ4n) is 3.20. The minimum atomic E-state index is -0.537. The third-order valence-electron chi connectivity index (χ3n) is 4.62. The molecular formula is C18H22N6O4. The Morgan fingerprint density at radius 2 is 1.21 bits per heavy atom. The van der Waals surface area contributed by atoms with E-state index in [1.165, 1.54) is 12.1 Å². The summed E-state index contributed by atoms with van der Waals surface area (Å²) in [5, 5.41) is 22.5. The van der Waals surface area contributed by atoms with E-state index in [1.54, 1.807) is 17.0 Å². The van der Waals surface area contributed by atoms with Gasteiger partial charge < -0.3 is 25.1 Å². The fourth-order valence-corrected chi connectivity index (χ4v) is 3.20. The standard InChI is InChI=1S/C18H22N6O4/c1-3-5-11-21-13-7-9-15(23(25)26)19-17(13)22(12-6-4-2)18-14(21)8-10-16(20-18)24(27)28/h7-10H,3-6,11-12H2,1-2H3. The monoisotopic (exact) mass is 386 g/mol. The molecule has 0 saturated carbocycles. The van der Waals surface area contributed by atoms with E-state index in [0.29, 0.717) is 24.7 Å². The lowest BCUT2D eigenvalue weighted by Gasteiger charge is -2.34. The second-order valence-electron chi connectivity index (χ2n) is 6.55. The number of unbranched alkanes of at least 4 members (excludes halogenated alkanes) is 2. The van der Waals surface area contributed by atoms with Crippen LogP contribution in [-0.4, -0.2) is 32.9 Å². The van der Waals surface area contributed by atoms with Gasteiger partial charge in [-0.1, -0.05) is 26.7 Å². The summed E-state index contributed by atoms with van der Waals surface area (Å²) in [7, 11) is 0. The predicted octanol–water partition coefficient (Wildman–Crippen LogP) is 4.48. The summed E-state index contributed by atoms with van der Waals surface area (Å²) in [6, 6.07) is 6.16. The summed E-state index contributed by atoms with van der Waals surface area (Å²) < 4.78 is 0. The molecule has 0 N–H and O–H groups in total. The van der Waals surface area contributed by atoms with Crippen molar-refractivity contribution in [1.29, 1.82) is 0 Å². The lowest BCUT2D eigenvalue weighted by Crippen LogP contribution is -2.32. The molecule has 0 fully saturated rings. The Morgan fingerprint density at radius 3 is 1.61 bits per heavy atom. The van der Waals surface area contributed by atoms with Gasteiger partial charge in [0.2, 0.25) is 0 Å². The maximum Gasteiger partial charge on any atom is 0.366 e. The third-order valence-corrected chi connectivity index (χ3v) is 4.62. The van der Waals surface area contributed by atoms with Crippen LogP contribution in [0, 0.1) is 20.2 Å². The molecule has 0 aliphatic carbocycles. The summed E-state index contributed by atoms with van der Waals surface area (Å²) in [6.07, 6.45) is 3.54. The largest absolute Gasteiger partial charge is 0.366 e. The number of nitro groups is 2. The summed E-state index contributed by atoms with van der Waals surface area (Å²) in [5.41, 5.74) is 1.50. The Bertz CT molecular complexity index is 838. The van der Waals surface area contributed by atoms with Crippen LogP contribution in [0.3, 0.4) is 0 Å². The zero-order valence-electron chi connectivity index (χ0n) is 15.9. The number of nitrogens with zero attached hydrogens (tertiary/aromatic N) is 6. The predicted molar refractivity (Wildman–Crippen MR) is 106 cm³/mol. The number of aromatic nitrogens is 2. The van der Waals surface area contributed by atoms with E-state index in [4.69, 9.17) is 0 Å². The summed E-state index contributed by atoms with van der Waals surface area (Å²) in [6.45, 7) is 5.28. The second-order valence-corrected chi connectivity index (χ2v) is 6.55. The van der Waals surface area contributed by atoms with E-state index in [1.807, 2.05) is 11.8 Å². The van der Waals surface area contributed by atoms with Gasteiger partial charge in [-0.05, 0) is 44.8 Å². The van der Waals surface area contributed by atoms with Crippen LogP contribution in [0.2, 0.25) is 0 Å². The van der Waals surface area contributed by atoms with Crippen molar-refractivity contribution in [2.75, 3.05) is 22.9 Å². The van der Waals surface area contributed by atoms with E-state index in [2.05, 4.69) is 16.9 Å². The smallest absolute Gasteiger partial charge is 0.358 e. The lowest BCUT2D eigenvalue weighted by atomic mass is 10.1. The van der Waals surface area contributed by atoms with E-state index >= 15 is 0 Å². The number of hydrogen-bond donors (Lipinski definition) is 0. The van der Waals surface area contributed by atoms with Crippen molar-refractivity contribution in [3.63, 3.8) is 0 Å². The van der Waals surface area contributed by atoms with E-state index in [-0.39, 0.29) is 11.6 Å². The zero-order valence-corrected chi connectivity index (χ0v) is 15.9. The number of rotatable bonds is 8. The molecule has 0 amide bonds. The number of anilines is 4. The maximum atomic E-state index is 11.3. The SMILES string of the molecule is CCCCN1c2ccc([N+](=O)[O-])nc2N(CCCC)c2nc([N+](=O)[O-])ccc21. The van der Waals surface area contributed by atoms with Crippen LogP contribution in [0.5, 0.6) is 0 Å². The molecule has 1 aliphatic heterocycles. The molecule has 28 heavy (non-hydrogen) atoms. The molecule has 3 heterocycles. The highest BCUT2D eigenvalue weighted by Crippen LogP contribution is 2.47. The maximum absolute atomic E-state index is 11.3. The molecule has 0 bridgehead atoms. The average Bonchev–Trinajstić information content (AvgIpc) is 2.69. The Labute approximate surface area is 162 Å². The Hall–Kier alpha value is -3.30. The third kappa shape index (κ3) is 3.57. The summed E-state index contributed by atoms with van der Waals surface area (Å²) in [4.78, 5) is 33.7.